The van der Waals surface area contributed by atoms with Crippen molar-refractivity contribution in [2.75, 3.05) is 33.8 Å². The highest BCUT2D eigenvalue weighted by molar-refractivity contribution is 5.73. The Morgan fingerprint density at radius 3 is 2.39 bits per heavy atom. The molecule has 2 amide bonds. The number of rotatable bonds is 3. The SMILES string of the molecule is CN(C)C(=O)N1CCC(NOCC(F)(F)F)CC1. The fourth-order valence-electron chi connectivity index (χ4n) is 1.71. The van der Waals surface area contributed by atoms with Crippen LogP contribution in [0.3, 0.4) is 0 Å². The highest BCUT2D eigenvalue weighted by Crippen LogP contribution is 2.15. The molecule has 1 heterocycles. The third-order valence-corrected chi connectivity index (χ3v) is 2.63. The molecule has 0 spiro atoms. The quantitative estimate of drug-likeness (QED) is 0.783. The number of hydroxylamine groups is 1. The number of carbonyl (C=O) groups is 1. The van der Waals surface area contributed by atoms with Gasteiger partial charge in [0.1, 0.15) is 0 Å². The van der Waals surface area contributed by atoms with Crippen LogP contribution in [0.15, 0.2) is 0 Å². The maximum atomic E-state index is 11.8. The van der Waals surface area contributed by atoms with Crippen molar-refractivity contribution in [3.8, 4) is 0 Å². The summed E-state index contributed by atoms with van der Waals surface area (Å²) in [5, 5.41) is 0. The fraction of sp³-hybridized carbons (Fsp3) is 0.900. The zero-order valence-electron chi connectivity index (χ0n) is 10.5. The monoisotopic (exact) mass is 269 g/mol. The maximum Gasteiger partial charge on any atom is 0.413 e. The Hall–Kier alpha value is -1.02. The minimum atomic E-state index is -4.32. The van der Waals surface area contributed by atoms with Gasteiger partial charge in [0.2, 0.25) is 0 Å². The van der Waals surface area contributed by atoms with Gasteiger partial charge < -0.3 is 9.80 Å². The van der Waals surface area contributed by atoms with Crippen molar-refractivity contribution in [1.82, 2.24) is 15.3 Å². The van der Waals surface area contributed by atoms with E-state index in [0.29, 0.717) is 25.9 Å². The summed E-state index contributed by atoms with van der Waals surface area (Å²) in [7, 11) is 3.33. The van der Waals surface area contributed by atoms with Gasteiger partial charge in [-0.1, -0.05) is 0 Å². The molecule has 106 valence electrons. The summed E-state index contributed by atoms with van der Waals surface area (Å²) in [5.41, 5.74) is 2.40. The average Bonchev–Trinajstić information content (AvgIpc) is 2.27. The number of halogens is 3. The molecular weight excluding hydrogens is 251 g/mol. The van der Waals surface area contributed by atoms with E-state index in [1.807, 2.05) is 0 Å². The van der Waals surface area contributed by atoms with Crippen molar-refractivity contribution in [2.45, 2.75) is 25.1 Å². The number of nitrogens with one attached hydrogen (secondary N) is 1. The summed E-state index contributed by atoms with van der Waals surface area (Å²) in [6.45, 7) is -0.266. The van der Waals surface area contributed by atoms with Gasteiger partial charge in [0, 0.05) is 33.2 Å². The van der Waals surface area contributed by atoms with Crippen LogP contribution in [0, 0.1) is 0 Å². The van der Waals surface area contributed by atoms with Crippen molar-refractivity contribution in [3.63, 3.8) is 0 Å². The predicted molar refractivity (Wildman–Crippen MR) is 58.8 cm³/mol. The van der Waals surface area contributed by atoms with Gasteiger partial charge in [-0.3, -0.25) is 4.84 Å². The second kappa shape index (κ2) is 6.24. The average molecular weight is 269 g/mol. The normalized spacial score (nSPS) is 17.9. The summed E-state index contributed by atoms with van der Waals surface area (Å²) >= 11 is 0. The molecule has 1 aliphatic heterocycles. The molecule has 1 aliphatic rings. The highest BCUT2D eigenvalue weighted by Gasteiger charge is 2.29. The Balaban J connectivity index is 2.21. The van der Waals surface area contributed by atoms with Crippen molar-refractivity contribution in [1.29, 1.82) is 0 Å². The molecule has 1 N–H and O–H groups in total. The van der Waals surface area contributed by atoms with Gasteiger partial charge in [0.15, 0.2) is 6.61 Å². The van der Waals surface area contributed by atoms with Crippen LogP contribution in [-0.2, 0) is 4.84 Å². The summed E-state index contributed by atoms with van der Waals surface area (Å²) < 4.78 is 35.5. The van der Waals surface area contributed by atoms with Gasteiger partial charge in [0.05, 0.1) is 0 Å². The van der Waals surface area contributed by atoms with Crippen molar-refractivity contribution in [3.05, 3.63) is 0 Å². The van der Waals surface area contributed by atoms with E-state index < -0.39 is 12.8 Å². The number of urea groups is 1. The van der Waals surface area contributed by atoms with Crippen LogP contribution >= 0.6 is 0 Å². The lowest BCUT2D eigenvalue weighted by atomic mass is 10.1. The van der Waals surface area contributed by atoms with Crippen LogP contribution in [0.4, 0.5) is 18.0 Å². The fourth-order valence-corrected chi connectivity index (χ4v) is 1.71. The number of amides is 2. The Kier molecular flexibility index (Phi) is 5.21. The summed E-state index contributed by atoms with van der Waals surface area (Å²) in [6, 6.07) is -0.219. The van der Waals surface area contributed by atoms with E-state index in [-0.39, 0.29) is 12.1 Å². The van der Waals surface area contributed by atoms with E-state index in [1.54, 1.807) is 19.0 Å². The van der Waals surface area contributed by atoms with Crippen LogP contribution < -0.4 is 5.48 Å². The molecule has 1 saturated heterocycles. The molecule has 0 atom stereocenters. The van der Waals surface area contributed by atoms with Crippen LogP contribution in [0.5, 0.6) is 0 Å². The molecule has 0 aromatic carbocycles. The Morgan fingerprint density at radius 2 is 1.94 bits per heavy atom. The van der Waals surface area contributed by atoms with Gasteiger partial charge in [-0.15, -0.1) is 0 Å². The highest BCUT2D eigenvalue weighted by atomic mass is 19.4. The first kappa shape index (κ1) is 15.0. The number of likely N-dealkylation sites (tertiary alicyclic amines) is 1. The lowest BCUT2D eigenvalue weighted by Gasteiger charge is -2.33. The molecule has 8 heteroatoms. The van der Waals surface area contributed by atoms with E-state index in [0.717, 1.165) is 0 Å². The minimum absolute atomic E-state index is 0.0790. The summed E-state index contributed by atoms with van der Waals surface area (Å²) in [6.07, 6.45) is -3.16. The summed E-state index contributed by atoms with van der Waals surface area (Å²) in [4.78, 5) is 19.1. The molecule has 0 aromatic heterocycles. The molecule has 0 radical (unpaired) electrons. The molecule has 0 bridgehead atoms. The first-order valence-corrected chi connectivity index (χ1v) is 5.70. The third-order valence-electron chi connectivity index (χ3n) is 2.63. The molecule has 18 heavy (non-hydrogen) atoms. The lowest BCUT2D eigenvalue weighted by Crippen LogP contribution is -2.48. The largest absolute Gasteiger partial charge is 0.413 e. The first-order chi connectivity index (χ1) is 8.29. The van der Waals surface area contributed by atoms with E-state index in [1.165, 1.54) is 4.90 Å². The van der Waals surface area contributed by atoms with Gasteiger partial charge in [-0.2, -0.15) is 18.7 Å². The van der Waals surface area contributed by atoms with Crippen LogP contribution in [0.25, 0.3) is 0 Å². The molecular formula is C10H18F3N3O2. The van der Waals surface area contributed by atoms with Crippen LogP contribution in [0.1, 0.15) is 12.8 Å². The molecule has 0 aliphatic carbocycles. The molecule has 1 fully saturated rings. The zero-order chi connectivity index (χ0) is 13.8. The number of hydrogen-bond donors (Lipinski definition) is 1. The van der Waals surface area contributed by atoms with Crippen molar-refractivity contribution in [2.24, 2.45) is 0 Å². The number of carbonyl (C=O) groups excluding carboxylic acids is 1. The Labute approximate surface area is 104 Å². The van der Waals surface area contributed by atoms with E-state index in [9.17, 15) is 18.0 Å². The smallest absolute Gasteiger partial charge is 0.331 e. The number of alkyl halides is 3. The molecule has 0 saturated carbocycles. The number of piperidine rings is 1. The maximum absolute atomic E-state index is 11.8. The topological polar surface area (TPSA) is 44.8 Å². The van der Waals surface area contributed by atoms with Crippen LogP contribution in [0.2, 0.25) is 0 Å². The summed E-state index contributed by atoms with van der Waals surface area (Å²) in [5.74, 6) is 0. The second-order valence-electron chi connectivity index (χ2n) is 4.46. The molecule has 0 unspecified atom stereocenters. The second-order valence-corrected chi connectivity index (χ2v) is 4.46. The van der Waals surface area contributed by atoms with Crippen LogP contribution in [-0.4, -0.2) is 61.8 Å². The molecule has 1 rings (SSSR count). The van der Waals surface area contributed by atoms with Crippen molar-refractivity contribution < 1.29 is 22.8 Å². The van der Waals surface area contributed by atoms with Gasteiger partial charge in [-0.25, -0.2) is 4.79 Å². The van der Waals surface area contributed by atoms with Gasteiger partial charge >= 0.3 is 12.2 Å². The van der Waals surface area contributed by atoms with E-state index in [2.05, 4.69) is 10.3 Å². The standard InChI is InChI=1S/C10H18F3N3O2/c1-15(2)9(17)16-5-3-8(4-6-16)14-18-7-10(11,12)13/h8,14H,3-7H2,1-2H3. The number of hydrogen-bond acceptors (Lipinski definition) is 3. The lowest BCUT2D eigenvalue weighted by molar-refractivity contribution is -0.193. The van der Waals surface area contributed by atoms with E-state index in [4.69, 9.17) is 0 Å². The zero-order valence-corrected chi connectivity index (χ0v) is 10.5. The third kappa shape index (κ3) is 5.09. The van der Waals surface area contributed by atoms with Crippen molar-refractivity contribution >= 4 is 6.03 Å². The molecule has 0 aromatic rings. The Morgan fingerprint density at radius 1 is 1.39 bits per heavy atom. The Bertz CT molecular complexity index is 276. The van der Waals surface area contributed by atoms with Gasteiger partial charge in [-0.05, 0) is 12.8 Å². The number of nitrogens with zero attached hydrogens (tertiary/aromatic N) is 2. The minimum Gasteiger partial charge on any atom is -0.331 e. The first-order valence-electron chi connectivity index (χ1n) is 5.70. The predicted octanol–water partition coefficient (Wildman–Crippen LogP) is 1.22. The van der Waals surface area contributed by atoms with Gasteiger partial charge in [0.25, 0.3) is 0 Å². The molecule has 5 nitrogen and oxygen atoms in total. The van der Waals surface area contributed by atoms with E-state index >= 15 is 0 Å².